The van der Waals surface area contributed by atoms with E-state index < -0.39 is 15.6 Å². The summed E-state index contributed by atoms with van der Waals surface area (Å²) >= 11 is 1.57. The van der Waals surface area contributed by atoms with Crippen molar-refractivity contribution in [2.24, 2.45) is 0 Å². The maximum Gasteiger partial charge on any atom is 0.214 e. The molecule has 0 aromatic carbocycles. The van der Waals surface area contributed by atoms with Crippen LogP contribution < -0.4 is 4.72 Å². The van der Waals surface area contributed by atoms with Gasteiger partial charge in [0.2, 0.25) is 10.0 Å². The van der Waals surface area contributed by atoms with Crippen LogP contribution in [0.5, 0.6) is 0 Å². The van der Waals surface area contributed by atoms with E-state index in [4.69, 9.17) is 0 Å². The number of sulfonamides is 1. The van der Waals surface area contributed by atoms with Gasteiger partial charge in [-0.25, -0.2) is 13.1 Å². The monoisotopic (exact) mass is 275 g/mol. The van der Waals surface area contributed by atoms with E-state index in [0.29, 0.717) is 6.42 Å². The molecular weight excluding hydrogens is 258 g/mol. The van der Waals surface area contributed by atoms with Crippen LogP contribution in [0.3, 0.4) is 0 Å². The second-order valence-electron chi connectivity index (χ2n) is 4.87. The Morgan fingerprint density at radius 1 is 1.59 bits per heavy atom. The lowest BCUT2D eigenvalue weighted by Gasteiger charge is -2.23. The van der Waals surface area contributed by atoms with E-state index in [2.05, 4.69) is 4.72 Å². The van der Waals surface area contributed by atoms with Crippen LogP contribution in [0.2, 0.25) is 0 Å². The van der Waals surface area contributed by atoms with Gasteiger partial charge in [-0.05, 0) is 42.2 Å². The van der Waals surface area contributed by atoms with Crippen LogP contribution in [0.25, 0.3) is 0 Å². The van der Waals surface area contributed by atoms with Crippen LogP contribution in [-0.4, -0.2) is 30.9 Å². The van der Waals surface area contributed by atoms with Crippen LogP contribution in [0.1, 0.15) is 25.3 Å². The van der Waals surface area contributed by atoms with Crippen LogP contribution in [-0.2, 0) is 16.4 Å². The first-order chi connectivity index (χ1) is 7.89. The molecule has 1 heterocycles. The molecule has 0 spiro atoms. The second-order valence-corrected chi connectivity index (χ2v) is 7.70. The van der Waals surface area contributed by atoms with Gasteiger partial charge in [0.25, 0.3) is 0 Å². The summed E-state index contributed by atoms with van der Waals surface area (Å²) in [6.45, 7) is 1.72. The van der Waals surface area contributed by atoms with Crippen LogP contribution in [0.4, 0.5) is 0 Å². The molecule has 96 valence electrons. The SMILES string of the molecule is CC(O)(CNS(=O)(=O)C1CC1)Cc1ccsc1. The number of nitrogens with one attached hydrogen (secondary N) is 1. The van der Waals surface area contributed by atoms with Gasteiger partial charge in [-0.15, -0.1) is 0 Å². The predicted octanol–water partition coefficient (Wildman–Crippen LogP) is 1.12. The summed E-state index contributed by atoms with van der Waals surface area (Å²) < 4.78 is 25.7. The lowest BCUT2D eigenvalue weighted by atomic mass is 9.99. The van der Waals surface area contributed by atoms with Crippen molar-refractivity contribution in [3.63, 3.8) is 0 Å². The zero-order chi connectivity index (χ0) is 12.5. The van der Waals surface area contributed by atoms with Crippen molar-refractivity contribution in [3.8, 4) is 0 Å². The summed E-state index contributed by atoms with van der Waals surface area (Å²) in [5.74, 6) is 0. The Kier molecular flexibility index (Phi) is 3.58. The fraction of sp³-hybridized carbons (Fsp3) is 0.636. The molecule has 2 rings (SSSR count). The van der Waals surface area contributed by atoms with Gasteiger partial charge in [0.05, 0.1) is 10.9 Å². The van der Waals surface area contributed by atoms with Crippen molar-refractivity contribution in [2.75, 3.05) is 6.54 Å². The highest BCUT2D eigenvalue weighted by atomic mass is 32.2. The topological polar surface area (TPSA) is 66.4 Å². The number of aliphatic hydroxyl groups is 1. The van der Waals surface area contributed by atoms with Gasteiger partial charge in [-0.1, -0.05) is 0 Å². The molecule has 1 saturated carbocycles. The van der Waals surface area contributed by atoms with E-state index in [9.17, 15) is 13.5 Å². The minimum absolute atomic E-state index is 0.0711. The van der Waals surface area contributed by atoms with Crippen LogP contribution in [0, 0.1) is 0 Å². The maximum absolute atomic E-state index is 11.6. The average Bonchev–Trinajstić information content (AvgIpc) is 2.98. The summed E-state index contributed by atoms with van der Waals surface area (Å²) in [7, 11) is -3.21. The third-order valence-corrected chi connectivity index (χ3v) is 5.41. The molecule has 0 aliphatic heterocycles. The predicted molar refractivity (Wildman–Crippen MR) is 68.6 cm³/mol. The highest BCUT2D eigenvalue weighted by molar-refractivity contribution is 7.90. The van der Waals surface area contributed by atoms with Crippen molar-refractivity contribution < 1.29 is 13.5 Å². The maximum atomic E-state index is 11.6. The van der Waals surface area contributed by atoms with Gasteiger partial charge >= 0.3 is 0 Å². The largest absolute Gasteiger partial charge is 0.388 e. The standard InChI is InChI=1S/C11H17NO3S2/c1-11(13,6-9-4-5-16-7-9)8-12-17(14,15)10-2-3-10/h4-5,7,10,12-13H,2-3,6,8H2,1H3. The molecule has 17 heavy (non-hydrogen) atoms. The van der Waals surface area contributed by atoms with Crippen LogP contribution in [0.15, 0.2) is 16.8 Å². The molecule has 1 aromatic rings. The third kappa shape index (κ3) is 3.77. The number of rotatable bonds is 6. The first-order valence-electron chi connectivity index (χ1n) is 5.61. The molecule has 1 fully saturated rings. The molecule has 1 aromatic heterocycles. The first-order valence-corrected chi connectivity index (χ1v) is 8.10. The second kappa shape index (κ2) is 4.68. The van der Waals surface area contributed by atoms with E-state index in [1.165, 1.54) is 0 Å². The summed E-state index contributed by atoms with van der Waals surface area (Å²) in [5.41, 5.74) is -0.00568. The minimum Gasteiger partial charge on any atom is -0.388 e. The molecule has 0 bridgehead atoms. The van der Waals surface area contributed by atoms with E-state index in [1.54, 1.807) is 18.3 Å². The molecule has 1 aliphatic rings. The molecular formula is C11H17NO3S2. The van der Waals surface area contributed by atoms with Crippen molar-refractivity contribution in [2.45, 2.75) is 37.0 Å². The Balaban J connectivity index is 1.88. The smallest absolute Gasteiger partial charge is 0.214 e. The zero-order valence-corrected chi connectivity index (χ0v) is 11.4. The quantitative estimate of drug-likeness (QED) is 0.817. The lowest BCUT2D eigenvalue weighted by molar-refractivity contribution is 0.0658. The Labute approximate surface area is 106 Å². The summed E-state index contributed by atoms with van der Waals surface area (Å²) in [6.07, 6.45) is 1.94. The van der Waals surface area contributed by atoms with Crippen LogP contribution >= 0.6 is 11.3 Å². The molecule has 6 heteroatoms. The molecule has 1 atom stereocenters. The average molecular weight is 275 g/mol. The Morgan fingerprint density at radius 3 is 2.82 bits per heavy atom. The highest BCUT2D eigenvalue weighted by Crippen LogP contribution is 2.27. The van der Waals surface area contributed by atoms with Gasteiger partial charge < -0.3 is 5.11 Å². The van der Waals surface area contributed by atoms with E-state index in [0.717, 1.165) is 18.4 Å². The summed E-state index contributed by atoms with van der Waals surface area (Å²) in [5, 5.41) is 13.8. The highest BCUT2D eigenvalue weighted by Gasteiger charge is 2.36. The summed E-state index contributed by atoms with van der Waals surface area (Å²) in [6, 6.07) is 1.94. The van der Waals surface area contributed by atoms with Crippen molar-refractivity contribution in [1.82, 2.24) is 4.72 Å². The third-order valence-electron chi connectivity index (χ3n) is 2.78. The number of hydrogen-bond donors (Lipinski definition) is 2. The summed E-state index contributed by atoms with van der Waals surface area (Å²) in [4.78, 5) is 0. The van der Waals surface area contributed by atoms with Crippen molar-refractivity contribution in [1.29, 1.82) is 0 Å². The molecule has 1 aliphatic carbocycles. The zero-order valence-electron chi connectivity index (χ0n) is 9.72. The van der Waals surface area contributed by atoms with E-state index >= 15 is 0 Å². The lowest BCUT2D eigenvalue weighted by Crippen LogP contribution is -2.43. The van der Waals surface area contributed by atoms with E-state index in [1.807, 2.05) is 16.8 Å². The Hall–Kier alpha value is -0.430. The van der Waals surface area contributed by atoms with Gasteiger partial charge in [-0.3, -0.25) is 0 Å². The molecule has 0 saturated heterocycles. The van der Waals surface area contributed by atoms with Crippen molar-refractivity contribution >= 4 is 21.4 Å². The Morgan fingerprint density at radius 2 is 2.29 bits per heavy atom. The van der Waals surface area contributed by atoms with Gasteiger partial charge in [0.15, 0.2) is 0 Å². The fourth-order valence-corrected chi connectivity index (χ4v) is 3.82. The van der Waals surface area contributed by atoms with Gasteiger partial charge in [0.1, 0.15) is 0 Å². The fourth-order valence-electron chi connectivity index (χ4n) is 1.65. The minimum atomic E-state index is -3.21. The molecule has 1 unspecified atom stereocenters. The number of hydrogen-bond acceptors (Lipinski definition) is 4. The first kappa shape index (κ1) is 13.0. The van der Waals surface area contributed by atoms with Gasteiger partial charge in [0, 0.05) is 13.0 Å². The Bertz CT molecular complexity index is 461. The molecule has 0 amide bonds. The molecule has 2 N–H and O–H groups in total. The normalized spacial score (nSPS) is 20.1. The van der Waals surface area contributed by atoms with E-state index in [-0.39, 0.29) is 11.8 Å². The molecule has 4 nitrogen and oxygen atoms in total. The van der Waals surface area contributed by atoms with Gasteiger partial charge in [-0.2, -0.15) is 11.3 Å². The molecule has 0 radical (unpaired) electrons. The number of thiophene rings is 1. The van der Waals surface area contributed by atoms with Crippen molar-refractivity contribution in [3.05, 3.63) is 22.4 Å².